The summed E-state index contributed by atoms with van der Waals surface area (Å²) in [6.45, 7) is 0. The zero-order chi connectivity index (χ0) is 16.6. The van der Waals surface area contributed by atoms with Crippen molar-refractivity contribution in [2.24, 2.45) is 11.8 Å². The summed E-state index contributed by atoms with van der Waals surface area (Å²) in [4.78, 5) is 43.9. The second-order valence-electron chi connectivity index (χ2n) is 4.34. The van der Waals surface area contributed by atoms with Gasteiger partial charge < -0.3 is 20.4 Å². The van der Waals surface area contributed by atoms with E-state index in [1.807, 2.05) is 0 Å². The maximum absolute atomic E-state index is 11.2. The molecule has 0 aliphatic rings. The van der Waals surface area contributed by atoms with Crippen molar-refractivity contribution < 1.29 is 39.6 Å². The van der Waals surface area contributed by atoms with E-state index in [-0.39, 0.29) is 24.6 Å². The number of carboxylic acids is 4. The molecule has 4 N–H and O–H groups in total. The average molecular weight is 324 g/mol. The molecule has 0 amide bonds. The number of carboxylic acid groups (broad SMARTS) is 4. The van der Waals surface area contributed by atoms with Gasteiger partial charge >= 0.3 is 23.9 Å². The van der Waals surface area contributed by atoms with Crippen LogP contribution in [-0.4, -0.2) is 50.2 Å². The summed E-state index contributed by atoms with van der Waals surface area (Å²) >= 11 is 5.48. The standard InChI is InChI=1S/C12H16ClO8/c13-3-1-2-6(7(11(18)19)4-9(14)15)8(12(20)21)5-10(16)17/h7-8H,1-5H2,(H,14,15)(H,16,17)(H,18,19)(H,20,21). The van der Waals surface area contributed by atoms with Gasteiger partial charge in [0.1, 0.15) is 0 Å². The lowest BCUT2D eigenvalue weighted by Crippen LogP contribution is -2.35. The first-order valence-corrected chi connectivity index (χ1v) is 6.54. The third-order valence-electron chi connectivity index (χ3n) is 2.85. The first-order valence-electron chi connectivity index (χ1n) is 6.01. The number of hydrogen-bond donors (Lipinski definition) is 4. The molecule has 0 bridgehead atoms. The van der Waals surface area contributed by atoms with Gasteiger partial charge in [0.2, 0.25) is 0 Å². The second-order valence-corrected chi connectivity index (χ2v) is 4.72. The summed E-state index contributed by atoms with van der Waals surface area (Å²) in [5.41, 5.74) is 0. The molecule has 0 rings (SSSR count). The SMILES string of the molecule is O=C(O)CC([C](CCCCl)C(CC(=O)O)C(=O)O)C(=O)O. The first-order chi connectivity index (χ1) is 9.70. The predicted molar refractivity (Wildman–Crippen MR) is 70.0 cm³/mol. The topological polar surface area (TPSA) is 149 Å². The zero-order valence-corrected chi connectivity index (χ0v) is 11.7. The molecule has 0 aromatic heterocycles. The Morgan fingerprint density at radius 1 is 0.810 bits per heavy atom. The third-order valence-corrected chi connectivity index (χ3v) is 3.12. The van der Waals surface area contributed by atoms with Crippen molar-refractivity contribution >= 4 is 35.5 Å². The minimum Gasteiger partial charge on any atom is -0.481 e. The molecular weight excluding hydrogens is 308 g/mol. The summed E-state index contributed by atoms with van der Waals surface area (Å²) in [6.07, 6.45) is -1.45. The van der Waals surface area contributed by atoms with Crippen LogP contribution in [0.15, 0.2) is 0 Å². The van der Waals surface area contributed by atoms with Crippen LogP contribution < -0.4 is 0 Å². The zero-order valence-electron chi connectivity index (χ0n) is 11.0. The van der Waals surface area contributed by atoms with E-state index in [0.717, 1.165) is 0 Å². The Balaban J connectivity index is 5.44. The van der Waals surface area contributed by atoms with Gasteiger partial charge in [-0.25, -0.2) is 0 Å². The highest BCUT2D eigenvalue weighted by atomic mass is 35.5. The lowest BCUT2D eigenvalue weighted by Gasteiger charge is -2.27. The van der Waals surface area contributed by atoms with Crippen LogP contribution >= 0.6 is 11.6 Å². The summed E-state index contributed by atoms with van der Waals surface area (Å²) in [6, 6.07) is 0. The Morgan fingerprint density at radius 2 is 1.19 bits per heavy atom. The Labute approximate surface area is 125 Å². The molecule has 0 aromatic rings. The molecule has 2 atom stereocenters. The summed E-state index contributed by atoms with van der Waals surface area (Å²) in [7, 11) is 0. The van der Waals surface area contributed by atoms with E-state index in [1.165, 1.54) is 0 Å². The van der Waals surface area contributed by atoms with Gasteiger partial charge in [0.05, 0.1) is 24.7 Å². The molecule has 8 nitrogen and oxygen atoms in total. The van der Waals surface area contributed by atoms with Gasteiger partial charge in [-0.1, -0.05) is 0 Å². The Bertz CT molecular complexity index is 374. The summed E-state index contributed by atoms with van der Waals surface area (Å²) < 4.78 is 0. The first kappa shape index (κ1) is 19.2. The number of rotatable bonds is 11. The molecule has 0 aliphatic carbocycles. The van der Waals surface area contributed by atoms with Gasteiger partial charge in [-0.15, -0.1) is 11.6 Å². The fraction of sp³-hybridized carbons (Fsp3) is 0.583. The quantitative estimate of drug-likeness (QED) is 0.410. The molecule has 0 spiro atoms. The number of aliphatic carboxylic acids is 4. The van der Waals surface area contributed by atoms with E-state index in [9.17, 15) is 19.2 Å². The lowest BCUT2D eigenvalue weighted by molar-refractivity contribution is -0.152. The van der Waals surface area contributed by atoms with E-state index >= 15 is 0 Å². The Hall–Kier alpha value is -1.83. The fourth-order valence-electron chi connectivity index (χ4n) is 1.97. The van der Waals surface area contributed by atoms with E-state index < -0.39 is 48.6 Å². The highest BCUT2D eigenvalue weighted by molar-refractivity contribution is 6.17. The smallest absolute Gasteiger partial charge is 0.307 e. The van der Waals surface area contributed by atoms with Crippen molar-refractivity contribution in [1.29, 1.82) is 0 Å². The van der Waals surface area contributed by atoms with Crippen LogP contribution in [0.2, 0.25) is 0 Å². The van der Waals surface area contributed by atoms with Crippen molar-refractivity contribution in [3.63, 3.8) is 0 Å². The molecule has 1 radical (unpaired) electrons. The molecule has 21 heavy (non-hydrogen) atoms. The van der Waals surface area contributed by atoms with Crippen molar-refractivity contribution in [1.82, 2.24) is 0 Å². The minimum atomic E-state index is -1.56. The van der Waals surface area contributed by atoms with Crippen molar-refractivity contribution in [3.05, 3.63) is 5.92 Å². The van der Waals surface area contributed by atoms with Crippen LogP contribution in [-0.2, 0) is 19.2 Å². The second kappa shape index (κ2) is 9.17. The van der Waals surface area contributed by atoms with Crippen molar-refractivity contribution in [3.8, 4) is 0 Å². The highest BCUT2D eigenvalue weighted by Gasteiger charge is 2.40. The van der Waals surface area contributed by atoms with Crippen LogP contribution in [0.25, 0.3) is 0 Å². The summed E-state index contributed by atoms with van der Waals surface area (Å²) in [5.74, 6) is -8.98. The average Bonchev–Trinajstić information content (AvgIpc) is 2.34. The number of halogens is 1. The molecule has 0 fully saturated rings. The molecule has 119 valence electrons. The van der Waals surface area contributed by atoms with E-state index in [0.29, 0.717) is 0 Å². The van der Waals surface area contributed by atoms with Gasteiger partial charge in [0.15, 0.2) is 0 Å². The van der Waals surface area contributed by atoms with Crippen LogP contribution in [0.3, 0.4) is 0 Å². The Morgan fingerprint density at radius 3 is 1.43 bits per heavy atom. The van der Waals surface area contributed by atoms with Gasteiger partial charge in [0, 0.05) is 11.8 Å². The normalized spacial score (nSPS) is 13.6. The molecule has 0 saturated carbocycles. The van der Waals surface area contributed by atoms with E-state index in [2.05, 4.69) is 0 Å². The molecule has 2 unspecified atom stereocenters. The monoisotopic (exact) mass is 323 g/mol. The van der Waals surface area contributed by atoms with Crippen molar-refractivity contribution in [2.45, 2.75) is 25.7 Å². The maximum atomic E-state index is 11.2. The van der Waals surface area contributed by atoms with Crippen LogP contribution in [0.1, 0.15) is 25.7 Å². The van der Waals surface area contributed by atoms with Gasteiger partial charge in [-0.3, -0.25) is 19.2 Å². The molecule has 9 heteroatoms. The van der Waals surface area contributed by atoms with Crippen LogP contribution in [0.5, 0.6) is 0 Å². The largest absolute Gasteiger partial charge is 0.481 e. The van der Waals surface area contributed by atoms with Crippen LogP contribution in [0, 0.1) is 17.8 Å². The molecule has 0 aromatic carbocycles. The molecule has 0 heterocycles. The lowest BCUT2D eigenvalue weighted by atomic mass is 9.75. The van der Waals surface area contributed by atoms with Crippen LogP contribution in [0.4, 0.5) is 0 Å². The Kier molecular flexibility index (Phi) is 8.37. The maximum Gasteiger partial charge on any atom is 0.307 e. The summed E-state index contributed by atoms with van der Waals surface area (Å²) in [5, 5.41) is 35.7. The number of hydrogen-bond acceptors (Lipinski definition) is 4. The number of alkyl halides is 1. The predicted octanol–water partition coefficient (Wildman–Crippen LogP) is 0.931. The third kappa shape index (κ3) is 6.94. The highest BCUT2D eigenvalue weighted by Crippen LogP contribution is 2.34. The molecular formula is C12H16ClO8. The van der Waals surface area contributed by atoms with E-state index in [4.69, 9.17) is 32.0 Å². The molecule has 0 aliphatic heterocycles. The molecule has 0 saturated heterocycles. The van der Waals surface area contributed by atoms with Gasteiger partial charge in [0.25, 0.3) is 0 Å². The van der Waals surface area contributed by atoms with Gasteiger partial charge in [-0.2, -0.15) is 0 Å². The number of carbonyl (C=O) groups is 4. The minimum absolute atomic E-state index is 0.0575. The fourth-order valence-corrected chi connectivity index (χ4v) is 2.10. The van der Waals surface area contributed by atoms with Crippen molar-refractivity contribution in [2.75, 3.05) is 5.88 Å². The van der Waals surface area contributed by atoms with Gasteiger partial charge in [-0.05, 0) is 12.8 Å². The van der Waals surface area contributed by atoms with E-state index in [1.54, 1.807) is 0 Å².